The summed E-state index contributed by atoms with van der Waals surface area (Å²) in [5.41, 5.74) is 7.20. The van der Waals surface area contributed by atoms with E-state index in [0.717, 1.165) is 0 Å². The summed E-state index contributed by atoms with van der Waals surface area (Å²) in [6.45, 7) is 3.78. The zero-order valence-electron chi connectivity index (χ0n) is 14.4. The third kappa shape index (κ3) is 4.53. The number of likely N-dealkylation sites (tertiary alicyclic amines) is 1. The Hall–Kier alpha value is -2.04. The number of hydrogen-bond acceptors (Lipinski definition) is 3. The minimum atomic E-state index is -0.500. The summed E-state index contributed by atoms with van der Waals surface area (Å²) in [5, 5.41) is 0. The molecule has 1 aliphatic rings. The average molecular weight is 361 g/mol. The van der Waals surface area contributed by atoms with Gasteiger partial charge >= 0.3 is 0 Å². The van der Waals surface area contributed by atoms with E-state index in [1.807, 2.05) is 60.4 Å². The van der Waals surface area contributed by atoms with Gasteiger partial charge in [0.05, 0.1) is 0 Å². The molecule has 0 radical (unpaired) electrons. The molecule has 1 aliphatic heterocycles. The second-order valence-electron chi connectivity index (χ2n) is 6.33. The van der Waals surface area contributed by atoms with Crippen LogP contribution >= 0.6 is 12.4 Å². The van der Waals surface area contributed by atoms with Crippen molar-refractivity contribution in [2.75, 3.05) is 19.6 Å². The lowest BCUT2D eigenvalue weighted by atomic mass is 9.89. The topological polar surface area (TPSA) is 55.6 Å². The number of benzene rings is 2. The maximum absolute atomic E-state index is 12.7. The molecule has 4 nitrogen and oxygen atoms in total. The molecule has 5 heteroatoms. The van der Waals surface area contributed by atoms with Gasteiger partial charge in [-0.2, -0.15) is 0 Å². The van der Waals surface area contributed by atoms with Gasteiger partial charge < -0.3 is 15.4 Å². The van der Waals surface area contributed by atoms with Crippen LogP contribution in [0, 0.1) is 5.92 Å². The highest BCUT2D eigenvalue weighted by Crippen LogP contribution is 2.32. The van der Waals surface area contributed by atoms with Crippen LogP contribution in [0.4, 0.5) is 0 Å². The predicted molar refractivity (Wildman–Crippen MR) is 102 cm³/mol. The Kier molecular flexibility index (Phi) is 6.85. The zero-order valence-corrected chi connectivity index (χ0v) is 15.2. The van der Waals surface area contributed by atoms with Crippen LogP contribution in [0.15, 0.2) is 60.7 Å². The van der Waals surface area contributed by atoms with E-state index >= 15 is 0 Å². The molecule has 2 aromatic rings. The maximum atomic E-state index is 12.7. The first-order valence-electron chi connectivity index (χ1n) is 8.44. The van der Waals surface area contributed by atoms with Gasteiger partial charge in [-0.05, 0) is 37.1 Å². The summed E-state index contributed by atoms with van der Waals surface area (Å²) in [4.78, 5) is 14.6. The molecule has 3 rings (SSSR count). The molecule has 2 N–H and O–H groups in total. The van der Waals surface area contributed by atoms with Crippen molar-refractivity contribution < 1.29 is 9.53 Å². The average Bonchev–Trinajstić information content (AvgIpc) is 3.07. The Balaban J connectivity index is 0.00000225. The van der Waals surface area contributed by atoms with Gasteiger partial charge in [0, 0.05) is 19.0 Å². The summed E-state index contributed by atoms with van der Waals surface area (Å²) >= 11 is 0. The largest absolute Gasteiger partial charge is 0.481 e. The molecule has 0 aliphatic carbocycles. The summed E-state index contributed by atoms with van der Waals surface area (Å²) in [5.74, 6) is 1.33. The second kappa shape index (κ2) is 8.88. The van der Waals surface area contributed by atoms with Crippen LogP contribution in [0.3, 0.4) is 0 Å². The van der Waals surface area contributed by atoms with Crippen molar-refractivity contribution >= 4 is 18.3 Å². The fraction of sp³-hybridized carbons (Fsp3) is 0.350. The van der Waals surface area contributed by atoms with Gasteiger partial charge in [-0.25, -0.2) is 0 Å². The molecule has 0 bridgehead atoms. The van der Waals surface area contributed by atoms with Crippen molar-refractivity contribution in [3.63, 3.8) is 0 Å². The molecule has 1 saturated heterocycles. The molecule has 134 valence electrons. The van der Waals surface area contributed by atoms with Gasteiger partial charge in [0.25, 0.3) is 5.91 Å². The van der Waals surface area contributed by atoms with Gasteiger partial charge in [-0.3, -0.25) is 4.79 Å². The Labute approximate surface area is 155 Å². The van der Waals surface area contributed by atoms with Crippen molar-refractivity contribution in [2.24, 2.45) is 11.7 Å². The lowest BCUT2D eigenvalue weighted by Gasteiger charge is -2.22. The number of ether oxygens (including phenoxy) is 1. The van der Waals surface area contributed by atoms with Gasteiger partial charge in [0.15, 0.2) is 6.10 Å². The molecule has 0 spiro atoms. The van der Waals surface area contributed by atoms with Gasteiger partial charge in [-0.1, -0.05) is 48.5 Å². The van der Waals surface area contributed by atoms with Crippen LogP contribution in [0.5, 0.6) is 5.75 Å². The van der Waals surface area contributed by atoms with Crippen molar-refractivity contribution in [3.05, 3.63) is 66.2 Å². The minimum Gasteiger partial charge on any atom is -0.481 e. The van der Waals surface area contributed by atoms with Gasteiger partial charge in [-0.15, -0.1) is 12.4 Å². The monoisotopic (exact) mass is 360 g/mol. The highest BCUT2D eigenvalue weighted by Gasteiger charge is 2.37. The van der Waals surface area contributed by atoms with E-state index < -0.39 is 6.10 Å². The molecular weight excluding hydrogens is 336 g/mol. The van der Waals surface area contributed by atoms with Gasteiger partial charge in [0.1, 0.15) is 5.75 Å². The molecule has 1 amide bonds. The third-order valence-electron chi connectivity index (χ3n) is 4.69. The molecule has 1 unspecified atom stereocenters. The molecular formula is C20H25ClN2O2. The number of amides is 1. The number of nitrogens with two attached hydrogens (primary N) is 1. The highest BCUT2D eigenvalue weighted by molar-refractivity contribution is 5.85. The lowest BCUT2D eigenvalue weighted by molar-refractivity contribution is -0.137. The first-order chi connectivity index (χ1) is 11.7. The first kappa shape index (κ1) is 19.3. The van der Waals surface area contributed by atoms with E-state index in [2.05, 4.69) is 12.1 Å². The Morgan fingerprint density at radius 2 is 1.72 bits per heavy atom. The molecule has 1 heterocycles. The lowest BCUT2D eigenvalue weighted by Crippen LogP contribution is -2.39. The normalized spacial score (nSPS) is 20.6. The summed E-state index contributed by atoms with van der Waals surface area (Å²) < 4.78 is 5.78. The number of hydrogen-bond donors (Lipinski definition) is 1. The number of nitrogens with zero attached hydrogens (tertiary/aromatic N) is 1. The first-order valence-corrected chi connectivity index (χ1v) is 8.44. The molecule has 1 fully saturated rings. The van der Waals surface area contributed by atoms with Crippen LogP contribution in [-0.2, 0) is 4.79 Å². The van der Waals surface area contributed by atoms with Crippen molar-refractivity contribution in [1.29, 1.82) is 0 Å². The van der Waals surface area contributed by atoms with E-state index in [-0.39, 0.29) is 18.3 Å². The SMILES string of the molecule is CC(Oc1ccccc1)C(=O)N1C[C@@H](CN)[C@H](c2ccccc2)C1.Cl. The molecule has 0 saturated carbocycles. The van der Waals surface area contributed by atoms with Crippen LogP contribution in [0.2, 0.25) is 0 Å². The van der Waals surface area contributed by atoms with Crippen LogP contribution in [-0.4, -0.2) is 36.5 Å². The molecule has 2 aromatic carbocycles. The van der Waals surface area contributed by atoms with Gasteiger partial charge in [0.2, 0.25) is 0 Å². The fourth-order valence-corrected chi connectivity index (χ4v) is 3.38. The highest BCUT2D eigenvalue weighted by atomic mass is 35.5. The van der Waals surface area contributed by atoms with E-state index in [1.54, 1.807) is 0 Å². The maximum Gasteiger partial charge on any atom is 0.263 e. The number of para-hydroxylation sites is 1. The molecule has 0 aromatic heterocycles. The number of carbonyl (C=O) groups is 1. The molecule has 25 heavy (non-hydrogen) atoms. The Morgan fingerprint density at radius 3 is 2.32 bits per heavy atom. The van der Waals surface area contributed by atoms with Crippen LogP contribution < -0.4 is 10.5 Å². The van der Waals surface area contributed by atoms with Crippen LogP contribution in [0.1, 0.15) is 18.4 Å². The predicted octanol–water partition coefficient (Wildman–Crippen LogP) is 3.08. The third-order valence-corrected chi connectivity index (χ3v) is 4.69. The molecule has 3 atom stereocenters. The van der Waals surface area contributed by atoms with E-state index in [0.29, 0.717) is 37.2 Å². The minimum absolute atomic E-state index is 0. The van der Waals surface area contributed by atoms with Crippen molar-refractivity contribution in [2.45, 2.75) is 18.9 Å². The van der Waals surface area contributed by atoms with Crippen molar-refractivity contribution in [3.8, 4) is 5.75 Å². The zero-order chi connectivity index (χ0) is 16.9. The summed E-state index contributed by atoms with van der Waals surface area (Å²) in [6, 6.07) is 19.8. The summed E-state index contributed by atoms with van der Waals surface area (Å²) in [7, 11) is 0. The number of carbonyl (C=O) groups excluding carboxylic acids is 1. The summed E-state index contributed by atoms with van der Waals surface area (Å²) in [6.07, 6.45) is -0.500. The van der Waals surface area contributed by atoms with E-state index in [1.165, 1.54) is 5.56 Å². The number of halogens is 1. The van der Waals surface area contributed by atoms with Crippen LogP contribution in [0.25, 0.3) is 0 Å². The second-order valence-corrected chi connectivity index (χ2v) is 6.33. The van der Waals surface area contributed by atoms with E-state index in [9.17, 15) is 4.79 Å². The quantitative estimate of drug-likeness (QED) is 0.891. The van der Waals surface area contributed by atoms with Crippen molar-refractivity contribution in [1.82, 2.24) is 4.90 Å². The fourth-order valence-electron chi connectivity index (χ4n) is 3.38. The standard InChI is InChI=1S/C20H24N2O2.ClH/c1-15(24-18-10-6-3-7-11-18)20(23)22-13-17(12-21)19(14-22)16-8-4-2-5-9-16;/h2-11,15,17,19H,12-14,21H2,1H3;1H/t15?,17-,19+;/m1./s1. The smallest absolute Gasteiger partial charge is 0.263 e. The number of rotatable bonds is 5. The Morgan fingerprint density at radius 1 is 1.12 bits per heavy atom. The Bertz CT molecular complexity index is 666. The van der Waals surface area contributed by atoms with E-state index in [4.69, 9.17) is 10.5 Å².